The molecule has 0 saturated carbocycles. The van der Waals surface area contributed by atoms with Gasteiger partial charge in [-0.15, -0.1) is 0 Å². The van der Waals surface area contributed by atoms with Crippen LogP contribution in [0.15, 0.2) is 50.0 Å². The first-order valence-corrected chi connectivity index (χ1v) is 3.94. The highest BCUT2D eigenvalue weighted by Gasteiger charge is 2.09. The van der Waals surface area contributed by atoms with E-state index in [1.54, 1.807) is 18.6 Å². The van der Waals surface area contributed by atoms with Gasteiger partial charge in [-0.3, -0.25) is 0 Å². The van der Waals surface area contributed by atoms with Crippen molar-refractivity contribution in [3.8, 4) is 11.5 Å². The quantitative estimate of drug-likeness (QED) is 0.568. The van der Waals surface area contributed by atoms with Crippen LogP contribution in [0.2, 0.25) is 0 Å². The molecule has 0 amide bonds. The molecule has 0 N–H and O–H groups in total. The predicted molar refractivity (Wildman–Crippen MR) is 46.2 cm³/mol. The van der Waals surface area contributed by atoms with Crippen LogP contribution in [0, 0.1) is 0 Å². The van der Waals surface area contributed by atoms with Crippen molar-refractivity contribution in [3.05, 3.63) is 36.8 Å². The Morgan fingerprint density at radius 2 is 1.85 bits per heavy atom. The van der Waals surface area contributed by atoms with Crippen LogP contribution >= 0.6 is 0 Å². The van der Waals surface area contributed by atoms with Gasteiger partial charge in [-0.2, -0.15) is 0 Å². The van der Waals surface area contributed by atoms with Crippen LogP contribution < -0.4 is 0 Å². The zero-order valence-corrected chi connectivity index (χ0v) is 6.69. The van der Waals surface area contributed by atoms with E-state index in [9.17, 15) is 0 Å². The van der Waals surface area contributed by atoms with Gasteiger partial charge in [0.05, 0.1) is 12.5 Å². The fourth-order valence-corrected chi connectivity index (χ4v) is 1.31. The molecule has 0 bridgehead atoms. The zero-order chi connectivity index (χ0) is 8.67. The molecule has 0 spiro atoms. The third-order valence-electron chi connectivity index (χ3n) is 1.90. The average Bonchev–Trinajstić information content (AvgIpc) is 2.78. The van der Waals surface area contributed by atoms with Gasteiger partial charge >= 0.3 is 0 Å². The predicted octanol–water partition coefficient (Wildman–Crippen LogP) is 3.29. The molecule has 64 valence electrons. The number of rotatable bonds is 1. The normalized spacial score (nSPS) is 11.1. The Kier molecular flexibility index (Phi) is 1.16. The molecule has 3 heteroatoms. The first kappa shape index (κ1) is 6.60. The lowest BCUT2D eigenvalue weighted by Crippen LogP contribution is -1.62. The highest BCUT2D eigenvalue weighted by Crippen LogP contribution is 2.28. The summed E-state index contributed by atoms with van der Waals surface area (Å²) in [6, 6.07) is 7.26. The summed E-state index contributed by atoms with van der Waals surface area (Å²) in [6.45, 7) is 0. The molecule has 3 aromatic heterocycles. The van der Waals surface area contributed by atoms with Gasteiger partial charge in [0.15, 0.2) is 22.7 Å². The van der Waals surface area contributed by atoms with Gasteiger partial charge in [-0.25, -0.2) is 0 Å². The maximum absolute atomic E-state index is 5.46. The molecule has 3 heterocycles. The van der Waals surface area contributed by atoms with Crippen LogP contribution in [0.25, 0.3) is 22.7 Å². The number of fused-ring (bicyclic) bond motifs is 1. The second-order valence-corrected chi connectivity index (χ2v) is 2.74. The minimum atomic E-state index is 0.694. The summed E-state index contributed by atoms with van der Waals surface area (Å²) < 4.78 is 15.8. The Morgan fingerprint density at radius 1 is 0.846 bits per heavy atom. The van der Waals surface area contributed by atoms with Crippen LogP contribution in [-0.2, 0) is 0 Å². The van der Waals surface area contributed by atoms with Crippen LogP contribution in [0.4, 0.5) is 0 Å². The van der Waals surface area contributed by atoms with Crippen molar-refractivity contribution >= 4 is 11.2 Å². The Morgan fingerprint density at radius 3 is 2.62 bits per heavy atom. The third kappa shape index (κ3) is 0.902. The highest BCUT2D eigenvalue weighted by molar-refractivity contribution is 5.76. The summed E-state index contributed by atoms with van der Waals surface area (Å²) in [5.74, 6) is 1.41. The van der Waals surface area contributed by atoms with Crippen molar-refractivity contribution in [1.29, 1.82) is 0 Å². The summed E-state index contributed by atoms with van der Waals surface area (Å²) in [4.78, 5) is 0. The Bertz CT molecular complexity index is 485. The van der Waals surface area contributed by atoms with E-state index in [0.29, 0.717) is 11.5 Å². The number of hydrogen-bond donors (Lipinski definition) is 0. The smallest absolute Gasteiger partial charge is 0.173 e. The first-order chi connectivity index (χ1) is 6.43. The van der Waals surface area contributed by atoms with Gasteiger partial charge in [0.1, 0.15) is 0 Å². The van der Waals surface area contributed by atoms with Crippen molar-refractivity contribution in [1.82, 2.24) is 0 Å². The molecular formula is C10H6O3. The van der Waals surface area contributed by atoms with Crippen molar-refractivity contribution in [3.63, 3.8) is 0 Å². The lowest BCUT2D eigenvalue weighted by Gasteiger charge is -1.85. The van der Waals surface area contributed by atoms with Crippen molar-refractivity contribution in [2.24, 2.45) is 0 Å². The molecule has 0 aliphatic heterocycles. The second-order valence-electron chi connectivity index (χ2n) is 2.74. The summed E-state index contributed by atoms with van der Waals surface area (Å²) in [5.41, 5.74) is 1.48. The minimum Gasteiger partial charge on any atom is -0.461 e. The summed E-state index contributed by atoms with van der Waals surface area (Å²) in [7, 11) is 0. The maximum Gasteiger partial charge on any atom is 0.173 e. The van der Waals surface area contributed by atoms with E-state index >= 15 is 0 Å². The molecule has 0 fully saturated rings. The first-order valence-electron chi connectivity index (χ1n) is 3.94. The third-order valence-corrected chi connectivity index (χ3v) is 1.90. The SMILES string of the molecule is c1coc(-c2cc3occc3o2)c1. The minimum absolute atomic E-state index is 0.694. The molecular weight excluding hydrogens is 168 g/mol. The van der Waals surface area contributed by atoms with Gasteiger partial charge in [0, 0.05) is 12.1 Å². The van der Waals surface area contributed by atoms with E-state index in [1.807, 2.05) is 18.2 Å². The van der Waals surface area contributed by atoms with Crippen molar-refractivity contribution in [2.45, 2.75) is 0 Å². The topological polar surface area (TPSA) is 39.4 Å². The molecule has 3 nitrogen and oxygen atoms in total. The largest absolute Gasteiger partial charge is 0.461 e. The summed E-state index contributed by atoms with van der Waals surface area (Å²) >= 11 is 0. The van der Waals surface area contributed by atoms with Gasteiger partial charge in [-0.1, -0.05) is 0 Å². The average molecular weight is 174 g/mol. The highest BCUT2D eigenvalue weighted by atomic mass is 16.4. The molecule has 0 unspecified atom stereocenters. The molecule has 0 saturated heterocycles. The number of hydrogen-bond acceptors (Lipinski definition) is 3. The standard InChI is InChI=1S/C10H6O3/c1-2-7(11-4-1)10-6-9-8(13-10)3-5-12-9/h1-6H. The van der Waals surface area contributed by atoms with E-state index in [2.05, 4.69) is 0 Å². The van der Waals surface area contributed by atoms with E-state index in [0.717, 1.165) is 11.2 Å². The van der Waals surface area contributed by atoms with Crippen molar-refractivity contribution < 1.29 is 13.3 Å². The zero-order valence-electron chi connectivity index (χ0n) is 6.69. The van der Waals surface area contributed by atoms with Crippen LogP contribution in [-0.4, -0.2) is 0 Å². The Balaban J connectivity index is 2.23. The van der Waals surface area contributed by atoms with Crippen LogP contribution in [0.3, 0.4) is 0 Å². The maximum atomic E-state index is 5.46. The van der Waals surface area contributed by atoms with Gasteiger partial charge in [0.2, 0.25) is 0 Å². The van der Waals surface area contributed by atoms with Crippen LogP contribution in [0.1, 0.15) is 0 Å². The van der Waals surface area contributed by atoms with E-state index < -0.39 is 0 Å². The fraction of sp³-hybridized carbons (Fsp3) is 0. The van der Waals surface area contributed by atoms with Crippen molar-refractivity contribution in [2.75, 3.05) is 0 Å². The molecule has 0 aliphatic carbocycles. The monoisotopic (exact) mass is 174 g/mol. The van der Waals surface area contributed by atoms with Gasteiger partial charge in [-0.05, 0) is 12.1 Å². The number of furan rings is 3. The van der Waals surface area contributed by atoms with E-state index in [1.165, 1.54) is 0 Å². The molecule has 13 heavy (non-hydrogen) atoms. The molecule has 0 aromatic carbocycles. The fourth-order valence-electron chi connectivity index (χ4n) is 1.31. The Hall–Kier alpha value is -1.90. The van der Waals surface area contributed by atoms with E-state index in [4.69, 9.17) is 13.3 Å². The lowest BCUT2D eigenvalue weighted by molar-refractivity contribution is 0.542. The molecule has 0 aliphatic rings. The molecule has 3 rings (SSSR count). The Labute approximate surface area is 73.6 Å². The molecule has 0 atom stereocenters. The van der Waals surface area contributed by atoms with Gasteiger partial charge < -0.3 is 13.3 Å². The molecule has 3 aromatic rings. The van der Waals surface area contributed by atoms with E-state index in [-0.39, 0.29) is 0 Å². The van der Waals surface area contributed by atoms with Gasteiger partial charge in [0.25, 0.3) is 0 Å². The summed E-state index contributed by atoms with van der Waals surface area (Å²) in [5, 5.41) is 0. The van der Waals surface area contributed by atoms with Crippen LogP contribution in [0.5, 0.6) is 0 Å². The second kappa shape index (κ2) is 2.29. The summed E-state index contributed by atoms with van der Waals surface area (Å²) in [6.07, 6.45) is 3.21. The molecule has 0 radical (unpaired) electrons. The lowest BCUT2D eigenvalue weighted by atomic mass is 10.3.